The lowest BCUT2D eigenvalue weighted by molar-refractivity contribution is -0.141. The number of allylic oxidation sites excluding steroid dienone is 1. The maximum absolute atomic E-state index is 14.4. The molecule has 1 aromatic carbocycles. The van der Waals surface area contributed by atoms with Gasteiger partial charge in [-0.15, -0.1) is 0 Å². The Bertz CT molecular complexity index is 1780. The number of rotatable bonds is 5. The zero-order valence-electron chi connectivity index (χ0n) is 30.8. The van der Waals surface area contributed by atoms with Gasteiger partial charge in [-0.2, -0.15) is 12.7 Å². The second-order valence-corrected chi connectivity index (χ2v) is 17.6. The monoisotopic (exact) mass is 792 g/mol. The summed E-state index contributed by atoms with van der Waals surface area (Å²) < 4.78 is 46.3. The van der Waals surface area contributed by atoms with E-state index in [0.717, 1.165) is 28.3 Å². The Morgan fingerprint density at radius 2 is 1.80 bits per heavy atom. The number of amides is 5. The zero-order valence-corrected chi connectivity index (χ0v) is 32.4. The van der Waals surface area contributed by atoms with Crippen molar-refractivity contribution in [3.05, 3.63) is 46.5 Å². The minimum Gasteiger partial charge on any atom is -0.444 e. The fourth-order valence-electron chi connectivity index (χ4n) is 7.38. The summed E-state index contributed by atoms with van der Waals surface area (Å²) in [5.74, 6) is -2.68. The molecule has 3 N–H and O–H groups in total. The molecule has 3 fully saturated rings. The highest BCUT2D eigenvalue weighted by atomic mass is 35.5. The first kappa shape index (κ1) is 39.8. The molecule has 0 bridgehead atoms. The van der Waals surface area contributed by atoms with Gasteiger partial charge in [0.05, 0.1) is 19.8 Å². The Morgan fingerprint density at radius 1 is 1.06 bits per heavy atom. The quantitative estimate of drug-likeness (QED) is 0.374. The van der Waals surface area contributed by atoms with Gasteiger partial charge in [-0.25, -0.2) is 14.3 Å². The van der Waals surface area contributed by atoms with Gasteiger partial charge in [0, 0.05) is 43.5 Å². The number of benzene rings is 1. The second kappa shape index (κ2) is 16.0. The van der Waals surface area contributed by atoms with Crippen molar-refractivity contribution in [2.75, 3.05) is 32.8 Å². The number of alkyl carbamates (subject to hydrolysis) is 1. The maximum Gasteiger partial charge on any atom is 0.410 e. The fourth-order valence-corrected chi connectivity index (χ4v) is 8.75. The van der Waals surface area contributed by atoms with Gasteiger partial charge in [0.15, 0.2) is 0 Å². The average molecular weight is 793 g/mol. The Labute approximate surface area is 320 Å². The lowest BCUT2D eigenvalue weighted by Gasteiger charge is -2.31. The molecule has 5 amide bonds. The number of hydrogen-bond acceptors (Lipinski definition) is 10. The van der Waals surface area contributed by atoms with E-state index in [0.29, 0.717) is 24.4 Å². The topological polar surface area (TPSA) is 193 Å². The van der Waals surface area contributed by atoms with Crippen molar-refractivity contribution in [3.8, 4) is 0 Å². The normalized spacial score (nSPS) is 28.7. The standard InChI is InChI=1S/C36H49ClN6O10S/c1-35(2,3)53-33(47)38-28-10-8-6-4-5-7-9-25-19-36(25,32(46)40-54(49,50)42-13-15-51-16-14-42)39-30(44)29-18-27(22-43(29)31(28)45)52-34(48)41-20-23-11-12-26(37)17-24(23)21-41/h7,9,11-12,17,25,27-29H,4-6,8,10,13-16,18-22H2,1-3H3,(H,38,47)(H,39,44)(H,40,46)/b9-7-/t25-,27+,28-,29-,36+/m0/s1. The van der Waals surface area contributed by atoms with E-state index in [1.54, 1.807) is 32.9 Å². The molecule has 16 nitrogen and oxygen atoms in total. The van der Waals surface area contributed by atoms with E-state index in [9.17, 15) is 32.4 Å². The predicted octanol–water partition coefficient (Wildman–Crippen LogP) is 2.74. The van der Waals surface area contributed by atoms with Crippen LogP contribution < -0.4 is 15.4 Å². The maximum atomic E-state index is 14.4. The number of nitrogens with zero attached hydrogens (tertiary/aromatic N) is 3. The molecular formula is C36H49ClN6O10S. The summed E-state index contributed by atoms with van der Waals surface area (Å²) in [6.45, 7) is 6.03. The molecule has 1 aromatic rings. The van der Waals surface area contributed by atoms with Gasteiger partial charge < -0.3 is 29.7 Å². The molecule has 1 saturated carbocycles. The summed E-state index contributed by atoms with van der Waals surface area (Å²) >= 11 is 6.16. The van der Waals surface area contributed by atoms with Crippen LogP contribution >= 0.6 is 11.6 Å². The lowest BCUT2D eigenvalue weighted by Crippen LogP contribution is -2.59. The Balaban J connectivity index is 1.25. The summed E-state index contributed by atoms with van der Waals surface area (Å²) in [7, 11) is -4.25. The Kier molecular flexibility index (Phi) is 11.8. The lowest BCUT2D eigenvalue weighted by atomic mass is 10.0. The highest BCUT2D eigenvalue weighted by Crippen LogP contribution is 2.46. The molecule has 5 aliphatic rings. The molecule has 54 heavy (non-hydrogen) atoms. The molecule has 1 aliphatic carbocycles. The summed E-state index contributed by atoms with van der Waals surface area (Å²) in [6.07, 6.45) is 4.41. The van der Waals surface area contributed by atoms with Crippen molar-refractivity contribution < 1.29 is 46.6 Å². The summed E-state index contributed by atoms with van der Waals surface area (Å²) in [5.41, 5.74) is -0.627. The van der Waals surface area contributed by atoms with Crippen LogP contribution in [0.5, 0.6) is 0 Å². The van der Waals surface area contributed by atoms with Gasteiger partial charge in [-0.3, -0.25) is 19.3 Å². The number of fused-ring (bicyclic) bond motifs is 3. The third-order valence-corrected chi connectivity index (χ3v) is 12.0. The van der Waals surface area contributed by atoms with Crippen LogP contribution in [0.1, 0.15) is 76.8 Å². The SMILES string of the molecule is CC(C)(C)OC(=O)N[C@H]1CCCCC/C=C\[C@H]2C[C@@]2(C(=O)NS(=O)(=O)N2CCOCC2)NC(=O)[C@@H]2C[C@@H](OC(=O)N3Cc4ccc(Cl)cc4C3)CN2C1=O. The highest BCUT2D eigenvalue weighted by Gasteiger charge is 2.62. The van der Waals surface area contributed by atoms with E-state index in [4.69, 9.17) is 25.8 Å². The first-order valence-electron chi connectivity index (χ1n) is 18.5. The predicted molar refractivity (Wildman–Crippen MR) is 195 cm³/mol. The van der Waals surface area contributed by atoms with Crippen LogP contribution in [-0.4, -0.2) is 115 Å². The van der Waals surface area contributed by atoms with Crippen molar-refractivity contribution in [3.63, 3.8) is 0 Å². The number of nitrogens with one attached hydrogen (secondary N) is 3. The molecule has 0 radical (unpaired) electrons. The van der Waals surface area contributed by atoms with Crippen molar-refractivity contribution in [2.24, 2.45) is 5.92 Å². The second-order valence-electron chi connectivity index (χ2n) is 15.5. The van der Waals surface area contributed by atoms with Crippen LogP contribution in [0.4, 0.5) is 9.59 Å². The van der Waals surface area contributed by atoms with Gasteiger partial charge >= 0.3 is 22.4 Å². The molecule has 18 heteroatoms. The summed E-state index contributed by atoms with van der Waals surface area (Å²) in [5, 5.41) is 6.04. The third-order valence-electron chi connectivity index (χ3n) is 10.3. The number of morpholine rings is 1. The molecule has 4 aliphatic heterocycles. The summed E-state index contributed by atoms with van der Waals surface area (Å²) in [4.78, 5) is 71.7. The molecule has 0 unspecified atom stereocenters. The smallest absolute Gasteiger partial charge is 0.410 e. The third kappa shape index (κ3) is 9.29. The molecule has 2 saturated heterocycles. The molecule has 5 atom stereocenters. The molecule has 4 heterocycles. The minimum atomic E-state index is -4.25. The van der Waals surface area contributed by atoms with Crippen LogP contribution in [0, 0.1) is 5.92 Å². The molecule has 296 valence electrons. The fraction of sp³-hybridized carbons (Fsp3) is 0.639. The van der Waals surface area contributed by atoms with Crippen LogP contribution in [0.25, 0.3) is 0 Å². The van der Waals surface area contributed by atoms with Crippen molar-refractivity contribution in [1.29, 1.82) is 0 Å². The van der Waals surface area contributed by atoms with Crippen LogP contribution in [0.3, 0.4) is 0 Å². The minimum absolute atomic E-state index is 0.0698. The number of hydrogen-bond donors (Lipinski definition) is 3. The van der Waals surface area contributed by atoms with E-state index in [-0.39, 0.29) is 58.7 Å². The highest BCUT2D eigenvalue weighted by molar-refractivity contribution is 7.87. The van der Waals surface area contributed by atoms with Crippen molar-refractivity contribution in [2.45, 2.75) is 108 Å². The van der Waals surface area contributed by atoms with E-state index in [2.05, 4.69) is 15.4 Å². The van der Waals surface area contributed by atoms with Gasteiger partial charge in [-0.05, 0) is 69.7 Å². The number of ether oxygens (including phenoxy) is 3. The van der Waals surface area contributed by atoms with Crippen molar-refractivity contribution >= 4 is 51.7 Å². The van der Waals surface area contributed by atoms with Gasteiger partial charge in [0.25, 0.3) is 5.91 Å². The van der Waals surface area contributed by atoms with Crippen molar-refractivity contribution in [1.82, 2.24) is 29.5 Å². The van der Waals surface area contributed by atoms with Gasteiger partial charge in [0.1, 0.15) is 29.3 Å². The van der Waals surface area contributed by atoms with E-state index in [1.807, 2.05) is 18.2 Å². The first-order valence-corrected chi connectivity index (χ1v) is 20.3. The largest absolute Gasteiger partial charge is 0.444 e. The van der Waals surface area contributed by atoms with Gasteiger partial charge in [0.2, 0.25) is 11.8 Å². The Morgan fingerprint density at radius 3 is 2.54 bits per heavy atom. The van der Waals surface area contributed by atoms with E-state index < -0.39 is 75.4 Å². The number of carbonyl (C=O) groups excluding carboxylic acids is 5. The zero-order chi connectivity index (χ0) is 38.8. The Hall–Kier alpha value is -3.93. The van der Waals surface area contributed by atoms with Gasteiger partial charge in [-0.1, -0.05) is 42.7 Å². The van der Waals surface area contributed by atoms with Crippen LogP contribution in [-0.2, 0) is 51.9 Å². The number of carbonyl (C=O) groups is 5. The molecule has 0 aromatic heterocycles. The van der Waals surface area contributed by atoms with Crippen LogP contribution in [0.15, 0.2) is 30.4 Å². The molecular weight excluding hydrogens is 744 g/mol. The molecule has 6 rings (SSSR count). The number of halogens is 1. The molecule has 0 spiro atoms. The van der Waals surface area contributed by atoms with E-state index >= 15 is 0 Å². The summed E-state index contributed by atoms with van der Waals surface area (Å²) in [6, 6.07) is 3.10. The van der Waals surface area contributed by atoms with Crippen LogP contribution in [0.2, 0.25) is 5.02 Å². The first-order chi connectivity index (χ1) is 25.5. The van der Waals surface area contributed by atoms with E-state index in [1.165, 1.54) is 9.80 Å². The average Bonchev–Trinajstić information content (AvgIpc) is 3.40.